The summed E-state index contributed by atoms with van der Waals surface area (Å²) in [5, 5.41) is 11.4. The minimum absolute atomic E-state index is 0.0125. The fourth-order valence-electron chi connectivity index (χ4n) is 2.47. The number of hydrogen-bond donors (Lipinski definition) is 2. The topological polar surface area (TPSA) is 44.7 Å². The molecule has 1 unspecified atom stereocenters. The van der Waals surface area contributed by atoms with E-state index in [9.17, 15) is 5.11 Å². The summed E-state index contributed by atoms with van der Waals surface area (Å²) in [6, 6.07) is 0.0877. The molecule has 2 aliphatic rings. The van der Waals surface area contributed by atoms with Crippen LogP contribution in [0, 0.1) is 0 Å². The van der Waals surface area contributed by atoms with Crippen LogP contribution in [0.3, 0.4) is 0 Å². The van der Waals surface area contributed by atoms with E-state index in [1.165, 1.54) is 5.57 Å². The van der Waals surface area contributed by atoms with Gasteiger partial charge in [-0.3, -0.25) is 5.01 Å². The number of ether oxygens (including phenoxy) is 1. The molecule has 2 heterocycles. The van der Waals surface area contributed by atoms with Gasteiger partial charge in [0.15, 0.2) is 0 Å². The van der Waals surface area contributed by atoms with Crippen LogP contribution in [-0.2, 0) is 4.74 Å². The van der Waals surface area contributed by atoms with Crippen molar-refractivity contribution in [3.63, 3.8) is 0 Å². The molecule has 21 heavy (non-hydrogen) atoms. The summed E-state index contributed by atoms with van der Waals surface area (Å²) in [5.41, 5.74) is 6.39. The van der Waals surface area contributed by atoms with E-state index in [1.807, 2.05) is 24.1 Å². The molecular weight excluding hydrogens is 264 g/mol. The van der Waals surface area contributed by atoms with Gasteiger partial charge >= 0.3 is 0 Å². The van der Waals surface area contributed by atoms with Crippen molar-refractivity contribution in [2.24, 2.45) is 0 Å². The lowest BCUT2D eigenvalue weighted by Crippen LogP contribution is -2.39. The Bertz CT molecular complexity index is 527. The van der Waals surface area contributed by atoms with E-state index in [0.717, 1.165) is 30.0 Å². The van der Waals surface area contributed by atoms with Gasteiger partial charge in [0.1, 0.15) is 5.76 Å². The number of aliphatic hydroxyl groups is 1. The second kappa shape index (κ2) is 7.29. The third-order valence-corrected chi connectivity index (χ3v) is 3.64. The Kier molecular flexibility index (Phi) is 5.42. The van der Waals surface area contributed by atoms with E-state index in [2.05, 4.69) is 36.7 Å². The van der Waals surface area contributed by atoms with E-state index in [1.54, 1.807) is 7.11 Å². The van der Waals surface area contributed by atoms with E-state index in [0.29, 0.717) is 0 Å². The van der Waals surface area contributed by atoms with Gasteiger partial charge in [-0.1, -0.05) is 31.6 Å². The summed E-state index contributed by atoms with van der Waals surface area (Å²) < 4.78 is 5.41. The van der Waals surface area contributed by atoms with Crippen LogP contribution in [0.25, 0.3) is 0 Å². The zero-order valence-corrected chi connectivity index (χ0v) is 13.0. The number of nitrogens with zero attached hydrogens (tertiary/aromatic N) is 1. The SMILES string of the molecule is C/C=C(\C=C/CCC)C1C=C2C(OC)=CC=C(CO)N2N1. The Morgan fingerprint density at radius 2 is 2.29 bits per heavy atom. The Morgan fingerprint density at radius 3 is 2.90 bits per heavy atom. The fraction of sp³-hybridized carbons (Fsp3) is 0.412. The fourth-order valence-corrected chi connectivity index (χ4v) is 2.47. The van der Waals surface area contributed by atoms with Crippen molar-refractivity contribution in [1.82, 2.24) is 10.4 Å². The highest BCUT2D eigenvalue weighted by Gasteiger charge is 2.30. The van der Waals surface area contributed by atoms with Gasteiger partial charge in [0.25, 0.3) is 0 Å². The molecule has 0 spiro atoms. The van der Waals surface area contributed by atoms with Gasteiger partial charge in [-0.2, -0.15) is 0 Å². The molecule has 0 saturated carbocycles. The highest BCUT2D eigenvalue weighted by Crippen LogP contribution is 2.30. The molecule has 0 aromatic rings. The average molecular weight is 288 g/mol. The molecule has 0 saturated heterocycles. The maximum Gasteiger partial charge on any atom is 0.143 e. The van der Waals surface area contributed by atoms with E-state index in [-0.39, 0.29) is 12.6 Å². The zero-order chi connectivity index (χ0) is 15.2. The molecule has 0 fully saturated rings. The Hall–Kier alpha value is -1.78. The number of methoxy groups -OCH3 is 1. The first-order valence-electron chi connectivity index (χ1n) is 7.42. The number of rotatable bonds is 6. The Labute approximate surface area is 126 Å². The van der Waals surface area contributed by atoms with Gasteiger partial charge in [-0.15, -0.1) is 0 Å². The first-order chi connectivity index (χ1) is 10.2. The van der Waals surface area contributed by atoms with Gasteiger partial charge in [0, 0.05) is 0 Å². The van der Waals surface area contributed by atoms with E-state index >= 15 is 0 Å². The van der Waals surface area contributed by atoms with Gasteiger partial charge in [0.2, 0.25) is 0 Å². The zero-order valence-electron chi connectivity index (χ0n) is 13.0. The van der Waals surface area contributed by atoms with Crippen molar-refractivity contribution < 1.29 is 9.84 Å². The molecule has 0 aromatic heterocycles. The van der Waals surface area contributed by atoms with Crippen LogP contribution in [0.1, 0.15) is 26.7 Å². The molecule has 4 heteroatoms. The molecule has 114 valence electrons. The molecular formula is C17H24N2O2. The smallest absolute Gasteiger partial charge is 0.143 e. The van der Waals surface area contributed by atoms with Crippen molar-refractivity contribution in [2.75, 3.05) is 13.7 Å². The van der Waals surface area contributed by atoms with Crippen LogP contribution in [-0.4, -0.2) is 29.9 Å². The van der Waals surface area contributed by atoms with Crippen molar-refractivity contribution in [2.45, 2.75) is 32.7 Å². The quantitative estimate of drug-likeness (QED) is 0.738. The number of nitrogens with one attached hydrogen (secondary N) is 1. The third kappa shape index (κ3) is 3.28. The van der Waals surface area contributed by atoms with Gasteiger partial charge in [-0.25, -0.2) is 5.43 Å². The van der Waals surface area contributed by atoms with Crippen molar-refractivity contribution in [3.05, 3.63) is 59.2 Å². The van der Waals surface area contributed by atoms with Crippen molar-refractivity contribution in [1.29, 1.82) is 0 Å². The maximum absolute atomic E-state index is 9.48. The second-order valence-electron chi connectivity index (χ2n) is 5.02. The minimum Gasteiger partial charge on any atom is -0.495 e. The molecule has 0 aliphatic carbocycles. The molecule has 2 aliphatic heterocycles. The predicted molar refractivity (Wildman–Crippen MR) is 84.9 cm³/mol. The number of hydrogen-bond acceptors (Lipinski definition) is 4. The van der Waals surface area contributed by atoms with Crippen LogP contribution in [0.2, 0.25) is 0 Å². The van der Waals surface area contributed by atoms with Gasteiger partial charge in [0.05, 0.1) is 31.2 Å². The summed E-state index contributed by atoms with van der Waals surface area (Å²) in [6.07, 6.45) is 14.6. The van der Waals surface area contributed by atoms with Crippen LogP contribution in [0.4, 0.5) is 0 Å². The standard InChI is InChI=1S/C17H24N2O2/c1-4-6-7-8-13(5-2)15-11-16-17(21-3)10-9-14(12-20)19(16)18-15/h5,7-11,15,18,20H,4,6,12H2,1-3H3/b8-7-,13-5+. The maximum atomic E-state index is 9.48. The summed E-state index contributed by atoms with van der Waals surface area (Å²) >= 11 is 0. The summed E-state index contributed by atoms with van der Waals surface area (Å²) in [5.74, 6) is 0.801. The largest absolute Gasteiger partial charge is 0.495 e. The van der Waals surface area contributed by atoms with Gasteiger partial charge in [-0.05, 0) is 37.1 Å². The summed E-state index contributed by atoms with van der Waals surface area (Å²) in [7, 11) is 1.66. The number of aliphatic hydroxyl groups excluding tert-OH is 1. The van der Waals surface area contributed by atoms with E-state index < -0.39 is 0 Å². The highest BCUT2D eigenvalue weighted by molar-refractivity contribution is 5.44. The first kappa shape index (κ1) is 15.6. The number of allylic oxidation sites excluding steroid dienone is 4. The summed E-state index contributed by atoms with van der Waals surface area (Å²) in [4.78, 5) is 0. The monoisotopic (exact) mass is 288 g/mol. The highest BCUT2D eigenvalue weighted by atomic mass is 16.5. The lowest BCUT2D eigenvalue weighted by atomic mass is 10.1. The van der Waals surface area contributed by atoms with Crippen molar-refractivity contribution >= 4 is 0 Å². The molecule has 0 bridgehead atoms. The number of hydrazine groups is 1. The normalized spacial score (nSPS) is 22.1. The lowest BCUT2D eigenvalue weighted by molar-refractivity contribution is 0.217. The average Bonchev–Trinajstić information content (AvgIpc) is 2.95. The van der Waals surface area contributed by atoms with Crippen LogP contribution < -0.4 is 5.43 Å². The second-order valence-corrected chi connectivity index (χ2v) is 5.02. The first-order valence-corrected chi connectivity index (χ1v) is 7.42. The Balaban J connectivity index is 2.22. The molecule has 0 aromatic carbocycles. The lowest BCUT2D eigenvalue weighted by Gasteiger charge is -2.28. The van der Waals surface area contributed by atoms with E-state index in [4.69, 9.17) is 4.74 Å². The molecule has 2 N–H and O–H groups in total. The van der Waals surface area contributed by atoms with Crippen molar-refractivity contribution in [3.8, 4) is 0 Å². The third-order valence-electron chi connectivity index (χ3n) is 3.64. The number of fused-ring (bicyclic) bond motifs is 1. The number of unbranched alkanes of at least 4 members (excludes halogenated alkanes) is 1. The van der Waals surface area contributed by atoms with Gasteiger partial charge < -0.3 is 9.84 Å². The molecule has 2 rings (SSSR count). The van der Waals surface area contributed by atoms with Crippen LogP contribution in [0.15, 0.2) is 59.2 Å². The molecule has 0 amide bonds. The predicted octanol–water partition coefficient (Wildman–Crippen LogP) is 2.78. The molecule has 0 radical (unpaired) electrons. The summed E-state index contributed by atoms with van der Waals surface area (Å²) in [6.45, 7) is 4.20. The van der Waals surface area contributed by atoms with Crippen LogP contribution >= 0.6 is 0 Å². The molecule has 4 nitrogen and oxygen atoms in total. The minimum atomic E-state index is -0.0125. The molecule has 1 atom stereocenters. The Morgan fingerprint density at radius 1 is 1.48 bits per heavy atom. The van der Waals surface area contributed by atoms with Crippen LogP contribution in [0.5, 0.6) is 0 Å².